The normalized spacial score (nSPS) is 10.2. The Hall–Kier alpha value is -3.77. The fourth-order valence-corrected chi connectivity index (χ4v) is 1.43. The number of amides is 2. The first kappa shape index (κ1) is 13.2. The predicted octanol–water partition coefficient (Wildman–Crippen LogP) is -1.39. The van der Waals surface area contributed by atoms with Crippen LogP contribution in [0.3, 0.4) is 0 Å². The van der Waals surface area contributed by atoms with E-state index in [2.05, 4.69) is 56.9 Å². The molecule has 3 rings (SSSR count). The maximum atomic E-state index is 11.8. The summed E-state index contributed by atoms with van der Waals surface area (Å²) in [5, 5.41) is 30.1. The fourth-order valence-electron chi connectivity index (χ4n) is 1.43. The second-order valence-corrected chi connectivity index (χ2v) is 3.81. The quantitative estimate of drug-likeness (QED) is 0.451. The molecule has 110 valence electrons. The number of carbonyl (C=O) groups is 2. The van der Waals surface area contributed by atoms with Gasteiger partial charge in [-0.25, -0.2) is 0 Å². The lowest BCUT2D eigenvalue weighted by molar-refractivity contribution is 0.101. The van der Waals surface area contributed by atoms with E-state index in [1.165, 1.54) is 18.3 Å². The molecule has 22 heavy (non-hydrogen) atoms. The molecule has 0 aromatic carbocycles. The number of aromatic amines is 2. The number of nitrogens with one attached hydrogen (secondary N) is 4. The summed E-state index contributed by atoms with van der Waals surface area (Å²) in [5.41, 5.74) is 0.307. The minimum atomic E-state index is -0.536. The van der Waals surface area contributed by atoms with Gasteiger partial charge in [-0.05, 0) is 22.6 Å². The summed E-state index contributed by atoms with van der Waals surface area (Å²) in [7, 11) is 0. The lowest BCUT2D eigenvalue weighted by atomic mass is 10.2. The Kier molecular flexibility index (Phi) is 3.42. The van der Waals surface area contributed by atoms with Crippen LogP contribution in [0.15, 0.2) is 18.3 Å². The number of tetrazole rings is 2. The molecule has 0 radical (unpaired) electrons. The van der Waals surface area contributed by atoms with E-state index in [1.807, 2.05) is 0 Å². The van der Waals surface area contributed by atoms with E-state index in [0.717, 1.165) is 0 Å². The molecule has 2 amide bonds. The Morgan fingerprint density at radius 3 is 2.05 bits per heavy atom. The number of hydrogen-bond acceptors (Lipinski definition) is 9. The highest BCUT2D eigenvalue weighted by molar-refractivity contribution is 6.05. The smallest absolute Gasteiger partial charge is 0.276 e. The second kappa shape index (κ2) is 5.70. The first-order chi connectivity index (χ1) is 10.7. The first-order valence-electron chi connectivity index (χ1n) is 5.78. The van der Waals surface area contributed by atoms with E-state index in [0.29, 0.717) is 0 Å². The molecular formula is C9H7N11O2. The summed E-state index contributed by atoms with van der Waals surface area (Å²) in [6.07, 6.45) is 1.24. The molecule has 3 heterocycles. The highest BCUT2D eigenvalue weighted by Crippen LogP contribution is 2.05. The van der Waals surface area contributed by atoms with Crippen LogP contribution in [0, 0.1) is 0 Å². The number of anilines is 2. The van der Waals surface area contributed by atoms with Crippen LogP contribution in [-0.2, 0) is 0 Å². The van der Waals surface area contributed by atoms with Gasteiger partial charge in [0.05, 0.1) is 5.56 Å². The van der Waals surface area contributed by atoms with Crippen LogP contribution in [0.25, 0.3) is 0 Å². The van der Waals surface area contributed by atoms with Crippen molar-refractivity contribution in [2.45, 2.75) is 0 Å². The number of H-pyrrole nitrogens is 2. The largest absolute Gasteiger partial charge is 0.288 e. The van der Waals surface area contributed by atoms with Crippen LogP contribution in [0.2, 0.25) is 0 Å². The zero-order chi connectivity index (χ0) is 15.4. The molecule has 3 aromatic heterocycles. The van der Waals surface area contributed by atoms with Crippen LogP contribution in [0.1, 0.15) is 20.8 Å². The number of aromatic nitrogens is 9. The molecule has 0 aliphatic carbocycles. The molecule has 0 spiro atoms. The van der Waals surface area contributed by atoms with Gasteiger partial charge in [0.15, 0.2) is 0 Å². The number of carbonyl (C=O) groups excluding carboxylic acids is 2. The molecule has 13 nitrogen and oxygen atoms in total. The van der Waals surface area contributed by atoms with E-state index < -0.39 is 11.8 Å². The van der Waals surface area contributed by atoms with E-state index >= 15 is 0 Å². The number of nitrogens with zero attached hydrogens (tertiary/aromatic N) is 7. The maximum Gasteiger partial charge on any atom is 0.276 e. The Morgan fingerprint density at radius 2 is 1.55 bits per heavy atom. The maximum absolute atomic E-state index is 11.8. The van der Waals surface area contributed by atoms with Gasteiger partial charge in [0.2, 0.25) is 0 Å². The van der Waals surface area contributed by atoms with Gasteiger partial charge in [0, 0.05) is 6.20 Å². The van der Waals surface area contributed by atoms with Crippen molar-refractivity contribution >= 4 is 23.7 Å². The highest BCUT2D eigenvalue weighted by atomic mass is 16.2. The van der Waals surface area contributed by atoms with Crippen molar-refractivity contribution in [3.05, 3.63) is 29.6 Å². The van der Waals surface area contributed by atoms with Gasteiger partial charge in [-0.3, -0.25) is 25.2 Å². The number of rotatable bonds is 4. The third kappa shape index (κ3) is 2.87. The average Bonchev–Trinajstić information content (AvgIpc) is 3.21. The van der Waals surface area contributed by atoms with Crippen molar-refractivity contribution in [3.63, 3.8) is 0 Å². The minimum absolute atomic E-state index is 0.0192. The summed E-state index contributed by atoms with van der Waals surface area (Å²) >= 11 is 0. The topological polar surface area (TPSA) is 180 Å². The van der Waals surface area contributed by atoms with Crippen LogP contribution >= 0.6 is 0 Å². The molecule has 0 unspecified atom stereocenters. The van der Waals surface area contributed by atoms with Crippen LogP contribution < -0.4 is 10.6 Å². The van der Waals surface area contributed by atoms with Crippen molar-refractivity contribution in [1.82, 2.24) is 46.2 Å². The van der Waals surface area contributed by atoms with Gasteiger partial charge < -0.3 is 0 Å². The van der Waals surface area contributed by atoms with Gasteiger partial charge in [0.25, 0.3) is 23.7 Å². The third-order valence-corrected chi connectivity index (χ3v) is 2.40. The molecule has 0 aliphatic heterocycles. The van der Waals surface area contributed by atoms with Crippen molar-refractivity contribution in [3.8, 4) is 0 Å². The van der Waals surface area contributed by atoms with E-state index in [1.54, 1.807) is 0 Å². The molecule has 3 aromatic rings. The number of pyridine rings is 1. The monoisotopic (exact) mass is 301 g/mol. The molecule has 0 saturated heterocycles. The van der Waals surface area contributed by atoms with Gasteiger partial charge in [-0.1, -0.05) is 10.2 Å². The molecule has 4 N–H and O–H groups in total. The Bertz CT molecular complexity index is 697. The van der Waals surface area contributed by atoms with Crippen molar-refractivity contribution in [2.24, 2.45) is 0 Å². The minimum Gasteiger partial charge on any atom is -0.288 e. The second-order valence-electron chi connectivity index (χ2n) is 3.81. The van der Waals surface area contributed by atoms with Gasteiger partial charge in [-0.2, -0.15) is 10.4 Å². The predicted molar refractivity (Wildman–Crippen MR) is 68.5 cm³/mol. The average molecular weight is 301 g/mol. The van der Waals surface area contributed by atoms with Crippen molar-refractivity contribution in [2.75, 3.05) is 10.6 Å². The zero-order valence-corrected chi connectivity index (χ0v) is 10.7. The lowest BCUT2D eigenvalue weighted by Crippen LogP contribution is -2.17. The van der Waals surface area contributed by atoms with Crippen LogP contribution in [0.5, 0.6) is 0 Å². The molecule has 0 aliphatic rings. The molecule has 0 saturated carbocycles. The lowest BCUT2D eigenvalue weighted by Gasteiger charge is -2.02. The Labute approximate surface area is 120 Å². The van der Waals surface area contributed by atoms with Crippen LogP contribution in [0.4, 0.5) is 11.9 Å². The van der Waals surface area contributed by atoms with Crippen LogP contribution in [-0.4, -0.2) is 58.0 Å². The summed E-state index contributed by atoms with van der Waals surface area (Å²) in [6.45, 7) is 0. The highest BCUT2D eigenvalue weighted by Gasteiger charge is 2.13. The molecule has 0 bridgehead atoms. The summed E-state index contributed by atoms with van der Waals surface area (Å²) in [5.74, 6) is -0.972. The molecular weight excluding hydrogens is 294 g/mol. The zero-order valence-electron chi connectivity index (χ0n) is 10.7. The van der Waals surface area contributed by atoms with Gasteiger partial charge >= 0.3 is 0 Å². The van der Waals surface area contributed by atoms with Gasteiger partial charge in [-0.15, -0.1) is 10.2 Å². The summed E-state index contributed by atoms with van der Waals surface area (Å²) in [6, 6.07) is 2.80. The Morgan fingerprint density at radius 1 is 0.909 bits per heavy atom. The first-order valence-corrected chi connectivity index (χ1v) is 5.78. The summed E-state index contributed by atoms with van der Waals surface area (Å²) < 4.78 is 0. The number of hydrogen-bond donors (Lipinski definition) is 4. The van der Waals surface area contributed by atoms with E-state index in [4.69, 9.17) is 0 Å². The van der Waals surface area contributed by atoms with Crippen molar-refractivity contribution < 1.29 is 9.59 Å². The fraction of sp³-hybridized carbons (Fsp3) is 0. The molecule has 0 fully saturated rings. The van der Waals surface area contributed by atoms with E-state index in [-0.39, 0.29) is 23.2 Å². The van der Waals surface area contributed by atoms with Gasteiger partial charge in [0.1, 0.15) is 5.69 Å². The molecule has 13 heteroatoms. The van der Waals surface area contributed by atoms with Crippen molar-refractivity contribution in [1.29, 1.82) is 0 Å². The molecule has 0 atom stereocenters. The third-order valence-electron chi connectivity index (χ3n) is 2.40. The summed E-state index contributed by atoms with van der Waals surface area (Å²) in [4.78, 5) is 27.6. The standard InChI is InChI=1S/C9H7N11O2/c21-6(11-8-13-17-18-14-8)4-1-2-5(10-3-4)7(22)12-9-15-19-20-16-9/h1-3H,(H2,11,13,14,17,18,21)(H2,12,15,16,19,20,22). The Balaban J connectivity index is 1.67. The van der Waals surface area contributed by atoms with E-state index in [9.17, 15) is 9.59 Å². The SMILES string of the molecule is O=C(Nc1nn[nH]n1)c1ccc(C(=O)Nc2nn[nH]n2)nc1.